The summed E-state index contributed by atoms with van der Waals surface area (Å²) >= 11 is 0. The predicted molar refractivity (Wildman–Crippen MR) is 115 cm³/mol. The summed E-state index contributed by atoms with van der Waals surface area (Å²) in [5, 5.41) is 4.19. The van der Waals surface area contributed by atoms with Crippen LogP contribution >= 0.6 is 0 Å². The molecule has 162 valence electrons. The zero-order valence-electron chi connectivity index (χ0n) is 18.4. The van der Waals surface area contributed by atoms with Crippen LogP contribution in [0.2, 0.25) is 0 Å². The number of aryl methyl sites for hydroxylation is 1. The molecule has 2 heterocycles. The Morgan fingerprint density at radius 2 is 2.10 bits per heavy atom. The number of aromatic nitrogens is 2. The van der Waals surface area contributed by atoms with Gasteiger partial charge in [0.1, 0.15) is 5.75 Å². The number of benzene rings is 1. The molecule has 2 unspecified atom stereocenters. The predicted octanol–water partition coefficient (Wildman–Crippen LogP) is 3.17. The van der Waals surface area contributed by atoms with Gasteiger partial charge in [-0.2, -0.15) is 5.10 Å². The van der Waals surface area contributed by atoms with Crippen LogP contribution in [0, 0.1) is 5.92 Å². The summed E-state index contributed by atoms with van der Waals surface area (Å²) < 4.78 is 7.33. The second kappa shape index (κ2) is 9.78. The molecule has 0 N–H and O–H groups in total. The van der Waals surface area contributed by atoms with E-state index >= 15 is 0 Å². The third-order valence-corrected chi connectivity index (χ3v) is 5.79. The molecular weight excluding hydrogens is 380 g/mol. The fraction of sp³-hybridized carbons (Fsp3) is 0.522. The third-order valence-electron chi connectivity index (χ3n) is 5.79. The zero-order valence-corrected chi connectivity index (χ0v) is 18.4. The lowest BCUT2D eigenvalue weighted by Crippen LogP contribution is -2.48. The summed E-state index contributed by atoms with van der Waals surface area (Å²) in [4.78, 5) is 30.0. The van der Waals surface area contributed by atoms with Crippen LogP contribution in [0.25, 0.3) is 0 Å². The van der Waals surface area contributed by atoms with Crippen molar-refractivity contribution >= 4 is 11.8 Å². The van der Waals surface area contributed by atoms with E-state index in [4.69, 9.17) is 4.74 Å². The van der Waals surface area contributed by atoms with Gasteiger partial charge in [0.25, 0.3) is 0 Å². The molecule has 2 atom stereocenters. The van der Waals surface area contributed by atoms with E-state index in [1.165, 1.54) is 0 Å². The van der Waals surface area contributed by atoms with E-state index in [-0.39, 0.29) is 23.8 Å². The maximum absolute atomic E-state index is 13.5. The van der Waals surface area contributed by atoms with Gasteiger partial charge in [-0.05, 0) is 18.9 Å². The number of likely N-dealkylation sites (tertiary alicyclic amines) is 1. The van der Waals surface area contributed by atoms with E-state index in [1.54, 1.807) is 22.9 Å². The maximum Gasteiger partial charge on any atom is 0.228 e. The molecule has 1 fully saturated rings. The summed E-state index contributed by atoms with van der Waals surface area (Å²) in [6.45, 7) is 3.25. The summed E-state index contributed by atoms with van der Waals surface area (Å²) in [5.41, 5.74) is 1.88. The van der Waals surface area contributed by atoms with E-state index in [0.717, 1.165) is 24.0 Å². The lowest BCUT2D eigenvalue weighted by Gasteiger charge is -2.42. The Hall–Kier alpha value is -2.83. The van der Waals surface area contributed by atoms with Crippen molar-refractivity contribution < 1.29 is 14.3 Å². The Kier molecular flexibility index (Phi) is 7.13. The van der Waals surface area contributed by atoms with Crippen molar-refractivity contribution in [1.29, 1.82) is 0 Å². The minimum Gasteiger partial charge on any atom is -0.496 e. The van der Waals surface area contributed by atoms with Gasteiger partial charge in [-0.3, -0.25) is 14.3 Å². The van der Waals surface area contributed by atoms with E-state index in [0.29, 0.717) is 31.7 Å². The van der Waals surface area contributed by atoms with Crippen LogP contribution in [0.4, 0.5) is 0 Å². The molecule has 2 amide bonds. The molecule has 3 rings (SSSR count). The average Bonchev–Trinajstić information content (AvgIpc) is 3.16. The Labute approximate surface area is 178 Å². The Balaban J connectivity index is 1.93. The van der Waals surface area contributed by atoms with Crippen LogP contribution in [0.5, 0.6) is 5.75 Å². The average molecular weight is 413 g/mol. The molecule has 0 saturated carbocycles. The number of piperidine rings is 1. The molecule has 1 aromatic carbocycles. The van der Waals surface area contributed by atoms with Crippen LogP contribution in [-0.4, -0.2) is 52.1 Å². The highest BCUT2D eigenvalue weighted by Gasteiger charge is 2.42. The van der Waals surface area contributed by atoms with E-state index < -0.39 is 0 Å². The number of ether oxygens (including phenoxy) is 1. The van der Waals surface area contributed by atoms with Crippen molar-refractivity contribution in [3.63, 3.8) is 0 Å². The van der Waals surface area contributed by atoms with Crippen molar-refractivity contribution in [3.05, 3.63) is 47.8 Å². The number of carbonyl (C=O) groups excluding carboxylic acids is 2. The number of hydrogen-bond donors (Lipinski definition) is 0. The van der Waals surface area contributed by atoms with Gasteiger partial charge in [0.05, 0.1) is 25.3 Å². The molecule has 7 heteroatoms. The summed E-state index contributed by atoms with van der Waals surface area (Å²) in [7, 11) is 5.31. The zero-order chi connectivity index (χ0) is 21.7. The van der Waals surface area contributed by atoms with Crippen LogP contribution in [0.1, 0.15) is 49.8 Å². The van der Waals surface area contributed by atoms with Gasteiger partial charge >= 0.3 is 0 Å². The molecule has 0 aliphatic carbocycles. The monoisotopic (exact) mass is 412 g/mol. The number of nitrogens with zero attached hydrogens (tertiary/aromatic N) is 4. The van der Waals surface area contributed by atoms with Crippen molar-refractivity contribution in [1.82, 2.24) is 19.6 Å². The number of hydrogen-bond acceptors (Lipinski definition) is 4. The van der Waals surface area contributed by atoms with Gasteiger partial charge in [-0.25, -0.2) is 0 Å². The van der Waals surface area contributed by atoms with E-state index in [9.17, 15) is 9.59 Å². The summed E-state index contributed by atoms with van der Waals surface area (Å²) in [5.74, 6) is 0.561. The second-order valence-corrected chi connectivity index (χ2v) is 7.99. The minimum atomic E-state index is -0.321. The molecule has 0 bridgehead atoms. The molecule has 30 heavy (non-hydrogen) atoms. The normalized spacial score (nSPS) is 19.1. The largest absolute Gasteiger partial charge is 0.496 e. The van der Waals surface area contributed by atoms with Crippen molar-refractivity contribution in [2.75, 3.05) is 20.7 Å². The van der Waals surface area contributed by atoms with Gasteiger partial charge in [-0.1, -0.05) is 31.5 Å². The minimum absolute atomic E-state index is 0.0451. The van der Waals surface area contributed by atoms with Gasteiger partial charge in [-0.15, -0.1) is 0 Å². The highest BCUT2D eigenvalue weighted by atomic mass is 16.5. The van der Waals surface area contributed by atoms with Gasteiger partial charge in [0.2, 0.25) is 11.8 Å². The van der Waals surface area contributed by atoms with Gasteiger partial charge in [0.15, 0.2) is 0 Å². The first-order valence-electron chi connectivity index (χ1n) is 10.6. The maximum atomic E-state index is 13.5. The lowest BCUT2D eigenvalue weighted by molar-refractivity contribution is -0.147. The molecule has 0 radical (unpaired) electrons. The summed E-state index contributed by atoms with van der Waals surface area (Å²) in [6, 6.07) is 7.40. The highest BCUT2D eigenvalue weighted by molar-refractivity contribution is 5.85. The standard InChI is InChI=1S/C23H32N4O3/c1-5-6-13-27-21(28)12-11-19(22(27)18-9-7-8-10-20(18)30-4)23(29)25(2)15-17-14-24-26(3)16-17/h7-10,14,16,19,22H,5-6,11-13,15H2,1-4H3. The lowest BCUT2D eigenvalue weighted by atomic mass is 9.82. The van der Waals surface area contributed by atoms with Crippen LogP contribution in [0.3, 0.4) is 0 Å². The van der Waals surface area contributed by atoms with Gasteiger partial charge in [0, 0.05) is 50.9 Å². The Bertz CT molecular complexity index is 879. The van der Waals surface area contributed by atoms with Crippen LogP contribution in [-0.2, 0) is 23.2 Å². The molecule has 1 aromatic heterocycles. The first kappa shape index (κ1) is 21.9. The molecule has 2 aromatic rings. The van der Waals surface area contributed by atoms with Crippen molar-refractivity contribution in [2.45, 2.75) is 45.2 Å². The number of rotatable bonds is 8. The number of para-hydroxylation sites is 1. The Morgan fingerprint density at radius 3 is 2.77 bits per heavy atom. The van der Waals surface area contributed by atoms with Gasteiger partial charge < -0.3 is 14.5 Å². The quantitative estimate of drug-likeness (QED) is 0.668. The van der Waals surface area contributed by atoms with Crippen LogP contribution in [0.15, 0.2) is 36.7 Å². The topological polar surface area (TPSA) is 67.7 Å². The first-order valence-corrected chi connectivity index (χ1v) is 10.6. The summed E-state index contributed by atoms with van der Waals surface area (Å²) in [6.07, 6.45) is 6.53. The number of unbranched alkanes of at least 4 members (excludes halogenated alkanes) is 1. The van der Waals surface area contributed by atoms with Crippen molar-refractivity contribution in [3.8, 4) is 5.75 Å². The number of methoxy groups -OCH3 is 1. The molecular formula is C23H32N4O3. The SMILES string of the molecule is CCCCN1C(=O)CCC(C(=O)N(C)Cc2cnn(C)c2)C1c1ccccc1OC. The fourth-order valence-electron chi connectivity index (χ4n) is 4.29. The molecule has 1 aliphatic rings. The first-order chi connectivity index (χ1) is 14.5. The fourth-order valence-corrected chi connectivity index (χ4v) is 4.29. The van der Waals surface area contributed by atoms with E-state index in [1.807, 2.05) is 49.5 Å². The van der Waals surface area contributed by atoms with E-state index in [2.05, 4.69) is 12.0 Å². The number of carbonyl (C=O) groups is 2. The second-order valence-electron chi connectivity index (χ2n) is 7.99. The molecule has 0 spiro atoms. The number of amides is 2. The smallest absolute Gasteiger partial charge is 0.228 e. The third kappa shape index (κ3) is 4.66. The molecule has 1 aliphatic heterocycles. The Morgan fingerprint density at radius 1 is 1.33 bits per heavy atom. The molecule has 7 nitrogen and oxygen atoms in total. The van der Waals surface area contributed by atoms with Crippen molar-refractivity contribution in [2.24, 2.45) is 13.0 Å². The van der Waals surface area contributed by atoms with Crippen LogP contribution < -0.4 is 4.74 Å². The molecule has 1 saturated heterocycles. The highest BCUT2D eigenvalue weighted by Crippen LogP contribution is 2.41.